The molecule has 0 atom stereocenters. The van der Waals surface area contributed by atoms with Gasteiger partial charge in [0.25, 0.3) is 0 Å². The number of rotatable bonds is 8. The lowest BCUT2D eigenvalue weighted by atomic mass is 10.0. The number of aromatic nitrogens is 2. The standard InChI is InChI=1S/C27H28FN3O2/c1-4-19-9-8-10-20(5-2)26(19)31(18-33-3)25(32)17-30-24-12-7-6-11-23(24)29-27(30)21-13-15-22(28)16-14-21/h6-16H,4-5,17-18H2,1-3H3. The van der Waals surface area contributed by atoms with Gasteiger partial charge in [-0.2, -0.15) is 0 Å². The van der Waals surface area contributed by atoms with Crippen LogP contribution in [-0.4, -0.2) is 29.3 Å². The molecule has 1 heterocycles. The van der Waals surface area contributed by atoms with E-state index in [-0.39, 0.29) is 25.0 Å². The number of imidazole rings is 1. The van der Waals surface area contributed by atoms with Crippen LogP contribution in [0.3, 0.4) is 0 Å². The van der Waals surface area contributed by atoms with Crippen LogP contribution in [0.25, 0.3) is 22.4 Å². The van der Waals surface area contributed by atoms with Crippen molar-refractivity contribution in [2.75, 3.05) is 18.7 Å². The SMILES string of the molecule is CCc1cccc(CC)c1N(COC)C(=O)Cn1c(-c2ccc(F)cc2)nc2ccccc21. The van der Waals surface area contributed by atoms with Crippen molar-refractivity contribution in [3.8, 4) is 11.4 Å². The smallest absolute Gasteiger partial charge is 0.248 e. The predicted octanol–water partition coefficient (Wildman–Crippen LogP) is 5.60. The normalized spacial score (nSPS) is 11.2. The van der Waals surface area contributed by atoms with Gasteiger partial charge >= 0.3 is 0 Å². The molecular weight excluding hydrogens is 417 g/mol. The van der Waals surface area contributed by atoms with Gasteiger partial charge in [0.2, 0.25) is 5.91 Å². The number of carbonyl (C=O) groups is 1. The van der Waals surface area contributed by atoms with Crippen molar-refractivity contribution in [3.63, 3.8) is 0 Å². The third kappa shape index (κ3) is 4.52. The fourth-order valence-electron chi connectivity index (χ4n) is 4.23. The number of hydrogen-bond donors (Lipinski definition) is 0. The topological polar surface area (TPSA) is 47.4 Å². The summed E-state index contributed by atoms with van der Waals surface area (Å²) < 4.78 is 20.9. The number of nitrogens with zero attached hydrogens (tertiary/aromatic N) is 3. The maximum atomic E-state index is 13.8. The van der Waals surface area contributed by atoms with E-state index >= 15 is 0 Å². The molecule has 0 saturated carbocycles. The molecule has 0 bridgehead atoms. The Bertz CT molecular complexity index is 1240. The van der Waals surface area contributed by atoms with E-state index in [9.17, 15) is 9.18 Å². The molecule has 0 N–H and O–H groups in total. The Hall–Kier alpha value is -3.51. The van der Waals surface area contributed by atoms with E-state index in [4.69, 9.17) is 9.72 Å². The van der Waals surface area contributed by atoms with Gasteiger partial charge in [0.1, 0.15) is 24.9 Å². The van der Waals surface area contributed by atoms with Gasteiger partial charge < -0.3 is 9.30 Å². The minimum Gasteiger partial charge on any atom is -0.364 e. The number of benzene rings is 3. The van der Waals surface area contributed by atoms with E-state index in [1.165, 1.54) is 12.1 Å². The Morgan fingerprint density at radius 2 is 1.64 bits per heavy atom. The van der Waals surface area contributed by atoms with Gasteiger partial charge in [0.05, 0.1) is 16.7 Å². The molecule has 5 nitrogen and oxygen atoms in total. The lowest BCUT2D eigenvalue weighted by molar-refractivity contribution is -0.120. The van der Waals surface area contributed by atoms with Gasteiger partial charge in [-0.1, -0.05) is 44.2 Å². The molecule has 0 aliphatic carbocycles. The predicted molar refractivity (Wildman–Crippen MR) is 130 cm³/mol. The number of amides is 1. The molecule has 6 heteroatoms. The fraction of sp³-hybridized carbons (Fsp3) is 0.259. The number of carbonyl (C=O) groups excluding carboxylic acids is 1. The minimum atomic E-state index is -0.313. The lowest BCUT2D eigenvalue weighted by Crippen LogP contribution is -2.37. The number of halogens is 1. The van der Waals surface area contributed by atoms with E-state index in [1.54, 1.807) is 24.1 Å². The van der Waals surface area contributed by atoms with Crippen LogP contribution in [0, 0.1) is 5.82 Å². The van der Waals surface area contributed by atoms with Crippen molar-refractivity contribution < 1.29 is 13.9 Å². The number of methoxy groups -OCH3 is 1. The van der Waals surface area contributed by atoms with Gasteiger partial charge in [0, 0.05) is 12.7 Å². The number of fused-ring (bicyclic) bond motifs is 1. The highest BCUT2D eigenvalue weighted by atomic mass is 19.1. The van der Waals surface area contributed by atoms with Gasteiger partial charge in [0.15, 0.2) is 0 Å². The molecule has 3 aromatic carbocycles. The molecular formula is C27H28FN3O2. The first-order chi connectivity index (χ1) is 16.1. The molecule has 0 unspecified atom stereocenters. The highest BCUT2D eigenvalue weighted by molar-refractivity contribution is 5.96. The number of aryl methyl sites for hydroxylation is 2. The van der Waals surface area contributed by atoms with Crippen LogP contribution in [0.4, 0.5) is 10.1 Å². The second-order valence-electron chi connectivity index (χ2n) is 7.89. The average Bonchev–Trinajstić information content (AvgIpc) is 3.20. The Kier molecular flexibility index (Phi) is 6.84. The number of anilines is 1. The maximum Gasteiger partial charge on any atom is 0.248 e. The summed E-state index contributed by atoms with van der Waals surface area (Å²) in [6, 6.07) is 20.0. The second-order valence-corrected chi connectivity index (χ2v) is 7.89. The van der Waals surface area contributed by atoms with Gasteiger partial charge in [-0.3, -0.25) is 9.69 Å². The molecule has 4 rings (SSSR count). The van der Waals surface area contributed by atoms with Crippen molar-refractivity contribution in [1.82, 2.24) is 9.55 Å². The van der Waals surface area contributed by atoms with Crippen molar-refractivity contribution in [1.29, 1.82) is 0 Å². The molecule has 0 aliphatic rings. The zero-order valence-corrected chi connectivity index (χ0v) is 19.2. The summed E-state index contributed by atoms with van der Waals surface area (Å²) in [5.74, 6) is 0.215. The van der Waals surface area contributed by atoms with E-state index in [0.717, 1.165) is 46.3 Å². The summed E-state index contributed by atoms with van der Waals surface area (Å²) in [6.07, 6.45) is 1.62. The van der Waals surface area contributed by atoms with Crippen LogP contribution < -0.4 is 4.90 Å². The number of para-hydroxylation sites is 3. The van der Waals surface area contributed by atoms with Crippen molar-refractivity contribution in [2.24, 2.45) is 0 Å². The summed E-state index contributed by atoms with van der Waals surface area (Å²) >= 11 is 0. The van der Waals surface area contributed by atoms with Crippen LogP contribution >= 0.6 is 0 Å². The van der Waals surface area contributed by atoms with Crippen LogP contribution in [0.15, 0.2) is 66.7 Å². The summed E-state index contributed by atoms with van der Waals surface area (Å²) in [5, 5.41) is 0. The number of ether oxygens (including phenoxy) is 1. The van der Waals surface area contributed by atoms with Crippen molar-refractivity contribution in [2.45, 2.75) is 33.2 Å². The Morgan fingerprint density at radius 3 is 2.27 bits per heavy atom. The van der Waals surface area contributed by atoms with Crippen LogP contribution in [-0.2, 0) is 28.9 Å². The first-order valence-corrected chi connectivity index (χ1v) is 11.2. The minimum absolute atomic E-state index is 0.0811. The highest BCUT2D eigenvalue weighted by Crippen LogP contribution is 2.29. The molecule has 0 aliphatic heterocycles. The molecule has 33 heavy (non-hydrogen) atoms. The van der Waals surface area contributed by atoms with Crippen molar-refractivity contribution in [3.05, 3.63) is 83.7 Å². The van der Waals surface area contributed by atoms with E-state index in [2.05, 4.69) is 26.0 Å². The van der Waals surface area contributed by atoms with E-state index < -0.39 is 0 Å². The van der Waals surface area contributed by atoms with Gasteiger partial charge in [-0.15, -0.1) is 0 Å². The third-order valence-corrected chi connectivity index (χ3v) is 5.84. The molecule has 1 aromatic heterocycles. The molecule has 0 spiro atoms. The van der Waals surface area contributed by atoms with Gasteiger partial charge in [-0.05, 0) is 60.4 Å². The van der Waals surface area contributed by atoms with Crippen LogP contribution in [0.1, 0.15) is 25.0 Å². The second kappa shape index (κ2) is 9.96. The van der Waals surface area contributed by atoms with Crippen LogP contribution in [0.5, 0.6) is 0 Å². The quantitative estimate of drug-likeness (QED) is 0.332. The first kappa shape index (κ1) is 22.7. The Morgan fingerprint density at radius 1 is 0.970 bits per heavy atom. The lowest BCUT2D eigenvalue weighted by Gasteiger charge is -2.27. The fourth-order valence-corrected chi connectivity index (χ4v) is 4.23. The maximum absolute atomic E-state index is 13.8. The monoisotopic (exact) mass is 445 g/mol. The summed E-state index contributed by atoms with van der Waals surface area (Å²) in [5.41, 5.74) is 5.51. The Labute approximate surface area is 193 Å². The first-order valence-electron chi connectivity index (χ1n) is 11.2. The van der Waals surface area contributed by atoms with Gasteiger partial charge in [-0.25, -0.2) is 9.37 Å². The summed E-state index contributed by atoms with van der Waals surface area (Å²) in [4.78, 5) is 20.2. The largest absolute Gasteiger partial charge is 0.364 e. The average molecular weight is 446 g/mol. The van der Waals surface area contributed by atoms with E-state index in [1.807, 2.05) is 34.9 Å². The molecule has 170 valence electrons. The summed E-state index contributed by atoms with van der Waals surface area (Å²) in [6.45, 7) is 4.41. The molecule has 4 aromatic rings. The van der Waals surface area contributed by atoms with Crippen molar-refractivity contribution >= 4 is 22.6 Å². The van der Waals surface area contributed by atoms with E-state index in [0.29, 0.717) is 5.82 Å². The molecule has 1 amide bonds. The molecule has 0 fully saturated rings. The number of hydrogen-bond acceptors (Lipinski definition) is 3. The zero-order chi connectivity index (χ0) is 23.4. The Balaban J connectivity index is 1.80. The summed E-state index contributed by atoms with van der Waals surface area (Å²) in [7, 11) is 1.59. The third-order valence-electron chi connectivity index (χ3n) is 5.84. The molecule has 0 saturated heterocycles. The molecule has 0 radical (unpaired) electrons. The highest BCUT2D eigenvalue weighted by Gasteiger charge is 2.23. The van der Waals surface area contributed by atoms with Crippen LogP contribution in [0.2, 0.25) is 0 Å². The zero-order valence-electron chi connectivity index (χ0n) is 19.2.